The minimum absolute atomic E-state index is 0. The summed E-state index contributed by atoms with van der Waals surface area (Å²) in [6, 6.07) is 12.7. The van der Waals surface area contributed by atoms with Crippen LogP contribution in [0, 0.1) is 34.3 Å². The predicted molar refractivity (Wildman–Crippen MR) is 187 cm³/mol. The fourth-order valence-electron chi connectivity index (χ4n) is 4.60. The van der Waals surface area contributed by atoms with Gasteiger partial charge in [-0.3, -0.25) is 18.7 Å². The van der Waals surface area contributed by atoms with Crippen LogP contribution in [0.3, 0.4) is 0 Å². The quantitative estimate of drug-likeness (QED) is 0.140. The topological polar surface area (TPSA) is 188 Å². The van der Waals surface area contributed by atoms with Gasteiger partial charge < -0.3 is 24.1 Å². The van der Waals surface area contributed by atoms with Crippen LogP contribution in [0.2, 0.25) is 0 Å². The molecule has 2 amide bonds. The molecule has 13 nitrogen and oxygen atoms in total. The standard InChI is InChI=1S/C20H17FN2O4.C13H16FNO5S.C4H9O.K/c1-3-26-16-9-12(15(10-22)17(21)18(16)27-4-2)11-23-19(24)13-7-5-6-8-14(13)20(23)25;1-4-18-11-6-9(8-20-21(3,16)17)10(7-15)12(14)13(11)19-5-2;1-4(2,3)5;/h5-9H,3-4,11H2,1-2H3;6H,4-5,8H2,1-3H3;1-3H3;/q;;-1;+1. The van der Waals surface area contributed by atoms with Crippen LogP contribution in [0.15, 0.2) is 36.4 Å². The average molecular weight is 798 g/mol. The molecule has 0 N–H and O–H groups in total. The molecule has 54 heavy (non-hydrogen) atoms. The van der Waals surface area contributed by atoms with E-state index < -0.39 is 45.8 Å². The van der Waals surface area contributed by atoms with E-state index in [9.17, 15) is 37.2 Å². The Labute approximate surface area is 357 Å². The van der Waals surface area contributed by atoms with Gasteiger partial charge in [-0.1, -0.05) is 32.9 Å². The molecule has 4 rings (SSSR count). The molecule has 1 heterocycles. The molecule has 1 aliphatic rings. The van der Waals surface area contributed by atoms with Crippen molar-refractivity contribution in [1.82, 2.24) is 4.90 Å². The maximum atomic E-state index is 14.8. The number of carbonyl (C=O) groups excluding carboxylic acids is 2. The van der Waals surface area contributed by atoms with E-state index in [0.29, 0.717) is 0 Å². The fraction of sp³-hybridized carbons (Fsp3) is 0.405. The third kappa shape index (κ3) is 13.6. The van der Waals surface area contributed by atoms with Gasteiger partial charge in [0.2, 0.25) is 0 Å². The van der Waals surface area contributed by atoms with E-state index in [2.05, 4.69) is 4.18 Å². The first-order valence-corrected chi connectivity index (χ1v) is 18.2. The van der Waals surface area contributed by atoms with Crippen LogP contribution < -0.4 is 75.4 Å². The molecular formula is C37H42F2KN3O10S. The van der Waals surface area contributed by atoms with Crippen molar-refractivity contribution in [2.45, 2.75) is 67.2 Å². The molecule has 3 aromatic rings. The van der Waals surface area contributed by atoms with Gasteiger partial charge in [-0.2, -0.15) is 18.9 Å². The Morgan fingerprint density at radius 2 is 1.13 bits per heavy atom. The average Bonchev–Trinajstić information content (AvgIpc) is 3.31. The van der Waals surface area contributed by atoms with E-state index in [-0.39, 0.29) is 141 Å². The number of nitrogens with zero attached hydrogens (tertiary/aromatic N) is 3. The summed E-state index contributed by atoms with van der Waals surface area (Å²) in [5, 5.41) is 28.6. The van der Waals surface area contributed by atoms with Crippen LogP contribution in [0.5, 0.6) is 23.0 Å². The number of halogens is 2. The number of amides is 2. The molecule has 1 aliphatic heterocycles. The second-order valence-corrected chi connectivity index (χ2v) is 13.5. The van der Waals surface area contributed by atoms with Gasteiger partial charge in [0.25, 0.3) is 21.9 Å². The number of carbonyl (C=O) groups is 2. The van der Waals surface area contributed by atoms with E-state index in [0.717, 1.165) is 11.2 Å². The molecule has 17 heteroatoms. The Morgan fingerprint density at radius 3 is 1.48 bits per heavy atom. The maximum Gasteiger partial charge on any atom is 1.00 e. The van der Waals surface area contributed by atoms with Crippen molar-refractivity contribution in [2.75, 3.05) is 32.7 Å². The smallest absolute Gasteiger partial charge is 0.850 e. The molecule has 286 valence electrons. The van der Waals surface area contributed by atoms with Crippen molar-refractivity contribution in [2.24, 2.45) is 0 Å². The van der Waals surface area contributed by atoms with Gasteiger partial charge in [-0.15, -0.1) is 5.60 Å². The molecule has 0 saturated carbocycles. The SMILES string of the molecule is CC(C)(C)[O-].CCOc1cc(CN2C(=O)c3ccccc3C2=O)c(C#N)c(F)c1OCC.CCOc1cc(COS(C)(=O)=O)c(C#N)c(F)c1OCC.[K+]. The van der Waals surface area contributed by atoms with Gasteiger partial charge in [0.05, 0.1) is 68.1 Å². The fourth-order valence-corrected chi connectivity index (χ4v) is 4.95. The molecule has 0 bridgehead atoms. The van der Waals surface area contributed by atoms with Crippen molar-refractivity contribution in [3.8, 4) is 35.1 Å². The first-order valence-electron chi connectivity index (χ1n) is 16.4. The Balaban J connectivity index is 0.000000484. The monoisotopic (exact) mass is 797 g/mol. The summed E-state index contributed by atoms with van der Waals surface area (Å²) in [5.41, 5.74) is -0.525. The molecule has 3 aromatic carbocycles. The summed E-state index contributed by atoms with van der Waals surface area (Å²) < 4.78 is 76.9. The van der Waals surface area contributed by atoms with E-state index in [1.165, 1.54) is 12.1 Å². The first-order chi connectivity index (χ1) is 24.9. The van der Waals surface area contributed by atoms with E-state index >= 15 is 0 Å². The van der Waals surface area contributed by atoms with Crippen molar-refractivity contribution in [1.29, 1.82) is 10.5 Å². The largest absolute Gasteiger partial charge is 1.00 e. The summed E-state index contributed by atoms with van der Waals surface area (Å²) in [4.78, 5) is 26.1. The molecule has 0 aliphatic carbocycles. The number of imide groups is 1. The van der Waals surface area contributed by atoms with Gasteiger partial charge in [-0.05, 0) is 57.5 Å². The third-order valence-electron chi connectivity index (χ3n) is 6.57. The Bertz CT molecular complexity index is 1950. The third-order valence-corrected chi connectivity index (χ3v) is 7.12. The van der Waals surface area contributed by atoms with Crippen LogP contribution in [0.4, 0.5) is 8.78 Å². The molecule has 0 saturated heterocycles. The molecular weight excluding hydrogens is 756 g/mol. The molecule has 0 aromatic heterocycles. The number of fused-ring (bicyclic) bond motifs is 1. The minimum Gasteiger partial charge on any atom is -0.850 e. The number of hydrogen-bond acceptors (Lipinski definition) is 12. The van der Waals surface area contributed by atoms with Gasteiger partial charge in [-0.25, -0.2) is 8.78 Å². The van der Waals surface area contributed by atoms with E-state index in [1.807, 2.05) is 0 Å². The zero-order valence-electron chi connectivity index (χ0n) is 31.8. The van der Waals surface area contributed by atoms with Crippen LogP contribution >= 0.6 is 0 Å². The van der Waals surface area contributed by atoms with E-state index in [4.69, 9.17) is 24.2 Å². The zero-order valence-corrected chi connectivity index (χ0v) is 35.7. The van der Waals surface area contributed by atoms with Crippen molar-refractivity contribution in [3.63, 3.8) is 0 Å². The number of hydrogen-bond donors (Lipinski definition) is 0. The summed E-state index contributed by atoms with van der Waals surface area (Å²) in [6.07, 6.45) is 0.868. The first kappa shape index (κ1) is 48.4. The Morgan fingerprint density at radius 1 is 0.759 bits per heavy atom. The Kier molecular flexibility index (Phi) is 19.7. The summed E-state index contributed by atoms with van der Waals surface area (Å²) in [6.45, 7) is 11.9. The predicted octanol–water partition coefficient (Wildman–Crippen LogP) is 2.41. The molecule has 0 atom stereocenters. The number of nitriles is 2. The zero-order chi connectivity index (χ0) is 40.1. The van der Waals surface area contributed by atoms with Crippen molar-refractivity contribution >= 4 is 21.9 Å². The van der Waals surface area contributed by atoms with Crippen LogP contribution in [0.25, 0.3) is 0 Å². The minimum atomic E-state index is -3.71. The second kappa shape index (κ2) is 22.0. The number of rotatable bonds is 13. The van der Waals surface area contributed by atoms with Crippen LogP contribution in [-0.4, -0.2) is 63.4 Å². The van der Waals surface area contributed by atoms with Crippen molar-refractivity contribution < 1.29 is 106 Å². The number of benzene rings is 3. The van der Waals surface area contributed by atoms with Gasteiger partial charge in [0.1, 0.15) is 12.1 Å². The Hall–Kier alpha value is -3.65. The molecule has 0 fully saturated rings. The van der Waals surface area contributed by atoms with Gasteiger partial charge in [0.15, 0.2) is 34.6 Å². The van der Waals surface area contributed by atoms with Crippen LogP contribution in [-0.2, 0) is 27.5 Å². The van der Waals surface area contributed by atoms with Crippen LogP contribution in [0.1, 0.15) is 91.4 Å². The molecule has 0 radical (unpaired) electrons. The number of ether oxygens (including phenoxy) is 4. The molecule has 0 spiro atoms. The molecule has 0 unspecified atom stereocenters. The van der Waals surface area contributed by atoms with Gasteiger partial charge in [0, 0.05) is 5.56 Å². The summed E-state index contributed by atoms with van der Waals surface area (Å²) >= 11 is 0. The van der Waals surface area contributed by atoms with Gasteiger partial charge >= 0.3 is 51.4 Å². The van der Waals surface area contributed by atoms with Crippen molar-refractivity contribution in [3.05, 3.63) is 81.4 Å². The summed E-state index contributed by atoms with van der Waals surface area (Å²) in [5.74, 6) is -2.81. The normalized spacial score (nSPS) is 11.8. The maximum absolute atomic E-state index is 14.8. The summed E-state index contributed by atoms with van der Waals surface area (Å²) in [7, 11) is -3.71. The second-order valence-electron chi connectivity index (χ2n) is 11.9. The van der Waals surface area contributed by atoms with E-state index in [1.54, 1.807) is 84.9 Å².